The molecule has 1 aliphatic heterocycles. The monoisotopic (exact) mass is 317 g/mol. The smallest absolute Gasteiger partial charge is 0.330 e. The maximum absolute atomic E-state index is 12.0. The molecule has 2 aromatic rings. The number of fused-ring (bicyclic) bond motifs is 1. The number of rotatable bonds is 5. The lowest BCUT2D eigenvalue weighted by atomic mass is 10.0. The number of carbonyl (C=O) groups excluding carboxylic acids is 1. The Labute approximate surface area is 131 Å². The zero-order chi connectivity index (χ0) is 15.5. The molecule has 2 heterocycles. The van der Waals surface area contributed by atoms with E-state index >= 15 is 0 Å². The molecule has 1 aromatic heterocycles. The van der Waals surface area contributed by atoms with Crippen LogP contribution in [0.15, 0.2) is 35.0 Å². The average molecular weight is 317 g/mol. The van der Waals surface area contributed by atoms with Crippen LogP contribution in [0.5, 0.6) is 5.75 Å². The first-order valence-corrected chi connectivity index (χ1v) is 7.86. The molecule has 0 fully saturated rings. The van der Waals surface area contributed by atoms with E-state index in [0.717, 1.165) is 23.3 Å². The van der Waals surface area contributed by atoms with E-state index < -0.39 is 12.0 Å². The van der Waals surface area contributed by atoms with Crippen molar-refractivity contribution in [3.8, 4) is 5.75 Å². The first-order valence-electron chi connectivity index (χ1n) is 6.92. The van der Waals surface area contributed by atoms with Gasteiger partial charge in [-0.3, -0.25) is 4.79 Å². The number of carboxylic acids is 1. The van der Waals surface area contributed by atoms with Crippen molar-refractivity contribution < 1.29 is 19.4 Å². The molecular weight excluding hydrogens is 302 g/mol. The Bertz CT molecular complexity index is 696. The molecule has 114 valence electrons. The standard InChI is InChI=1S/C16H15NO4S/c18-14(7-10-4-6-22-9-10)17-15(16(19)20)12-1-2-13-11(8-12)3-5-21-13/h1-2,4,6,8-9,15H,3,5,7H2,(H,17,18)(H,19,20). The first kappa shape index (κ1) is 14.6. The van der Waals surface area contributed by atoms with Crippen molar-refractivity contribution in [1.82, 2.24) is 5.32 Å². The zero-order valence-corrected chi connectivity index (χ0v) is 12.6. The number of hydrogen-bond acceptors (Lipinski definition) is 4. The molecule has 0 spiro atoms. The van der Waals surface area contributed by atoms with Crippen molar-refractivity contribution in [3.63, 3.8) is 0 Å². The summed E-state index contributed by atoms with van der Waals surface area (Å²) in [5.74, 6) is -0.586. The van der Waals surface area contributed by atoms with Gasteiger partial charge < -0.3 is 15.2 Å². The van der Waals surface area contributed by atoms with Gasteiger partial charge >= 0.3 is 5.97 Å². The van der Waals surface area contributed by atoms with Gasteiger partial charge in [-0.15, -0.1) is 0 Å². The van der Waals surface area contributed by atoms with Gasteiger partial charge in [-0.25, -0.2) is 4.79 Å². The van der Waals surface area contributed by atoms with Gasteiger partial charge in [-0.1, -0.05) is 6.07 Å². The number of carboxylic acid groups (broad SMARTS) is 1. The molecule has 1 aliphatic rings. The van der Waals surface area contributed by atoms with Crippen molar-refractivity contribution in [2.24, 2.45) is 0 Å². The van der Waals surface area contributed by atoms with Gasteiger partial charge in [0.2, 0.25) is 5.91 Å². The van der Waals surface area contributed by atoms with Gasteiger partial charge in [0.15, 0.2) is 6.04 Å². The Kier molecular flexibility index (Phi) is 4.11. The number of hydrogen-bond donors (Lipinski definition) is 2. The van der Waals surface area contributed by atoms with Crippen LogP contribution in [0.3, 0.4) is 0 Å². The molecule has 5 nitrogen and oxygen atoms in total. The Morgan fingerprint density at radius 1 is 1.36 bits per heavy atom. The first-order chi connectivity index (χ1) is 10.6. The number of amides is 1. The van der Waals surface area contributed by atoms with Crippen LogP contribution in [0.25, 0.3) is 0 Å². The number of aliphatic carboxylic acids is 1. The summed E-state index contributed by atoms with van der Waals surface area (Å²) in [7, 11) is 0. The highest BCUT2D eigenvalue weighted by molar-refractivity contribution is 7.08. The van der Waals surface area contributed by atoms with Gasteiger partial charge in [0.1, 0.15) is 5.75 Å². The maximum atomic E-state index is 12.0. The molecule has 2 N–H and O–H groups in total. The highest BCUT2D eigenvalue weighted by atomic mass is 32.1. The molecule has 6 heteroatoms. The molecule has 22 heavy (non-hydrogen) atoms. The summed E-state index contributed by atoms with van der Waals surface area (Å²) in [4.78, 5) is 23.5. The van der Waals surface area contributed by atoms with Crippen molar-refractivity contribution >= 4 is 23.2 Å². The van der Waals surface area contributed by atoms with E-state index in [4.69, 9.17) is 4.74 Å². The highest BCUT2D eigenvalue weighted by Gasteiger charge is 2.24. The van der Waals surface area contributed by atoms with Gasteiger partial charge in [0.05, 0.1) is 13.0 Å². The lowest BCUT2D eigenvalue weighted by Gasteiger charge is -2.15. The minimum absolute atomic E-state index is 0.182. The summed E-state index contributed by atoms with van der Waals surface area (Å²) in [5, 5.41) is 15.8. The molecule has 0 aliphatic carbocycles. The summed E-state index contributed by atoms with van der Waals surface area (Å²) in [6.07, 6.45) is 0.944. The molecule has 0 bridgehead atoms. The predicted molar refractivity (Wildman–Crippen MR) is 82.2 cm³/mol. The fraction of sp³-hybridized carbons (Fsp3) is 0.250. The third kappa shape index (κ3) is 3.12. The molecule has 0 saturated heterocycles. The Morgan fingerprint density at radius 3 is 2.95 bits per heavy atom. The molecular formula is C16H15NO4S. The van der Waals surface area contributed by atoms with E-state index in [1.807, 2.05) is 16.8 Å². The summed E-state index contributed by atoms with van der Waals surface area (Å²) in [5.41, 5.74) is 2.43. The van der Waals surface area contributed by atoms with E-state index in [1.54, 1.807) is 18.2 Å². The van der Waals surface area contributed by atoms with E-state index in [2.05, 4.69) is 5.32 Å². The third-order valence-corrected chi connectivity index (χ3v) is 4.28. The van der Waals surface area contributed by atoms with Crippen molar-refractivity contribution in [3.05, 3.63) is 51.7 Å². The van der Waals surface area contributed by atoms with Crippen LogP contribution in [-0.4, -0.2) is 23.6 Å². The number of benzene rings is 1. The lowest BCUT2D eigenvalue weighted by molar-refractivity contribution is -0.141. The Morgan fingerprint density at radius 2 is 2.23 bits per heavy atom. The van der Waals surface area contributed by atoms with Gasteiger partial charge in [-0.2, -0.15) is 11.3 Å². The SMILES string of the molecule is O=C(Cc1ccsc1)NC(C(=O)O)c1ccc2c(c1)CCO2. The zero-order valence-electron chi connectivity index (χ0n) is 11.7. The number of nitrogens with one attached hydrogen (secondary N) is 1. The normalized spacial score (nSPS) is 14.0. The fourth-order valence-electron chi connectivity index (χ4n) is 2.46. The highest BCUT2D eigenvalue weighted by Crippen LogP contribution is 2.28. The molecule has 0 radical (unpaired) electrons. The number of thiophene rings is 1. The van der Waals surface area contributed by atoms with Gasteiger partial charge in [0, 0.05) is 6.42 Å². The molecule has 1 atom stereocenters. The predicted octanol–water partition coefficient (Wildman–Crippen LogP) is 2.17. The van der Waals surface area contributed by atoms with Crippen LogP contribution in [0, 0.1) is 0 Å². The van der Waals surface area contributed by atoms with Gasteiger partial charge in [0.25, 0.3) is 0 Å². The van der Waals surface area contributed by atoms with Gasteiger partial charge in [-0.05, 0) is 45.6 Å². The van der Waals surface area contributed by atoms with E-state index in [1.165, 1.54) is 11.3 Å². The summed E-state index contributed by atoms with van der Waals surface area (Å²) in [6.45, 7) is 0.612. The minimum Gasteiger partial charge on any atom is -0.493 e. The second-order valence-corrected chi connectivity index (χ2v) is 5.89. The fourth-order valence-corrected chi connectivity index (χ4v) is 3.13. The number of carbonyl (C=O) groups is 2. The van der Waals surface area contributed by atoms with Crippen LogP contribution in [-0.2, 0) is 22.4 Å². The van der Waals surface area contributed by atoms with Crippen molar-refractivity contribution in [2.75, 3.05) is 6.61 Å². The lowest BCUT2D eigenvalue weighted by Crippen LogP contribution is -2.34. The van der Waals surface area contributed by atoms with Crippen LogP contribution >= 0.6 is 11.3 Å². The largest absolute Gasteiger partial charge is 0.493 e. The van der Waals surface area contributed by atoms with Crippen LogP contribution < -0.4 is 10.1 Å². The molecule has 3 rings (SSSR count). The topological polar surface area (TPSA) is 75.6 Å². The molecule has 1 aromatic carbocycles. The maximum Gasteiger partial charge on any atom is 0.330 e. The van der Waals surface area contributed by atoms with E-state index in [-0.39, 0.29) is 12.3 Å². The quantitative estimate of drug-likeness (QED) is 0.886. The summed E-state index contributed by atoms with van der Waals surface area (Å²) < 4.78 is 5.41. The number of ether oxygens (including phenoxy) is 1. The van der Waals surface area contributed by atoms with Crippen LogP contribution in [0.1, 0.15) is 22.7 Å². The second-order valence-electron chi connectivity index (χ2n) is 5.11. The van der Waals surface area contributed by atoms with Crippen molar-refractivity contribution in [1.29, 1.82) is 0 Å². The van der Waals surface area contributed by atoms with E-state index in [0.29, 0.717) is 12.2 Å². The summed E-state index contributed by atoms with van der Waals surface area (Å²) in [6, 6.07) is 6.06. The Balaban J connectivity index is 1.75. The average Bonchev–Trinajstić information content (AvgIpc) is 3.14. The van der Waals surface area contributed by atoms with E-state index in [9.17, 15) is 14.7 Å². The molecule has 1 unspecified atom stereocenters. The second kappa shape index (κ2) is 6.19. The van der Waals surface area contributed by atoms with Crippen molar-refractivity contribution in [2.45, 2.75) is 18.9 Å². The Hall–Kier alpha value is -2.34. The van der Waals surface area contributed by atoms with Crippen LogP contribution in [0.4, 0.5) is 0 Å². The third-order valence-electron chi connectivity index (χ3n) is 3.54. The molecule has 0 saturated carbocycles. The van der Waals surface area contributed by atoms with Crippen LogP contribution in [0.2, 0.25) is 0 Å². The minimum atomic E-state index is -1.07. The summed E-state index contributed by atoms with van der Waals surface area (Å²) >= 11 is 1.51. The molecule has 1 amide bonds.